The molecular formula is C14H9Cl4NO2. The Morgan fingerprint density at radius 3 is 2.48 bits per heavy atom. The third kappa shape index (κ3) is 4.24. The molecule has 110 valence electrons. The van der Waals surface area contributed by atoms with Crippen molar-refractivity contribution in [2.75, 3.05) is 0 Å². The van der Waals surface area contributed by atoms with E-state index in [1.807, 2.05) is 0 Å². The minimum Gasteiger partial charge on any atom is -0.294 e. The summed E-state index contributed by atoms with van der Waals surface area (Å²) in [6, 6.07) is 8.51. The maximum atomic E-state index is 12.1. The van der Waals surface area contributed by atoms with Crippen LogP contribution < -0.4 is 0 Å². The largest absolute Gasteiger partial charge is 0.294 e. The fourth-order valence-corrected chi connectivity index (χ4v) is 2.27. The van der Waals surface area contributed by atoms with E-state index in [0.717, 1.165) is 10.1 Å². The van der Waals surface area contributed by atoms with Gasteiger partial charge in [-0.3, -0.25) is 14.2 Å². The summed E-state index contributed by atoms with van der Waals surface area (Å²) < 4.78 is -0.982. The molecule has 0 spiro atoms. The van der Waals surface area contributed by atoms with Gasteiger partial charge in [0.05, 0.1) is 0 Å². The van der Waals surface area contributed by atoms with Crippen LogP contribution in [0, 0.1) is 0 Å². The van der Waals surface area contributed by atoms with Gasteiger partial charge in [-0.25, -0.2) is 0 Å². The first-order valence-electron chi connectivity index (χ1n) is 5.84. The molecule has 0 aliphatic rings. The van der Waals surface area contributed by atoms with E-state index in [1.54, 1.807) is 24.3 Å². The van der Waals surface area contributed by atoms with Gasteiger partial charge in [0, 0.05) is 29.4 Å². The van der Waals surface area contributed by atoms with E-state index in [2.05, 4.69) is 0 Å². The van der Waals surface area contributed by atoms with Gasteiger partial charge in [0.25, 0.3) is 9.70 Å². The predicted molar refractivity (Wildman–Crippen MR) is 84.8 cm³/mol. The number of carbonyl (C=O) groups is 2. The number of nitrogens with zero attached hydrogens (tertiary/aromatic N) is 1. The van der Waals surface area contributed by atoms with Gasteiger partial charge in [-0.1, -0.05) is 58.5 Å². The van der Waals surface area contributed by atoms with Crippen LogP contribution in [0.5, 0.6) is 0 Å². The highest BCUT2D eigenvalue weighted by molar-refractivity contribution is 6.76. The van der Waals surface area contributed by atoms with E-state index in [9.17, 15) is 9.59 Å². The molecule has 1 aromatic carbocycles. The topological polar surface area (TPSA) is 39.1 Å². The van der Waals surface area contributed by atoms with E-state index in [1.165, 1.54) is 18.5 Å². The summed E-state index contributed by atoms with van der Waals surface area (Å²) >= 11 is 22.4. The van der Waals surface area contributed by atoms with Gasteiger partial charge in [-0.05, 0) is 23.8 Å². The average Bonchev–Trinajstić information content (AvgIpc) is 2.86. The lowest BCUT2D eigenvalue weighted by atomic mass is 10.1. The number of halogens is 4. The molecule has 0 saturated heterocycles. The van der Waals surface area contributed by atoms with E-state index >= 15 is 0 Å². The third-order valence-corrected chi connectivity index (χ3v) is 3.47. The Kier molecular flexibility index (Phi) is 4.99. The van der Waals surface area contributed by atoms with Crippen molar-refractivity contribution in [3.63, 3.8) is 0 Å². The first-order valence-corrected chi connectivity index (χ1v) is 7.36. The highest BCUT2D eigenvalue weighted by atomic mass is 35.6. The molecule has 3 nitrogen and oxygen atoms in total. The smallest absolute Gasteiger partial charge is 0.282 e. The lowest BCUT2D eigenvalue weighted by molar-refractivity contribution is 0.0918. The number of Topliss-reactive ketones (excluding diaryl/α,β-unsaturated/α-hetero) is 1. The monoisotopic (exact) mass is 363 g/mol. The normalized spacial score (nSPS) is 11.4. The minimum absolute atomic E-state index is 0.159. The molecule has 2 rings (SSSR count). The second-order valence-electron chi connectivity index (χ2n) is 4.34. The first-order chi connectivity index (χ1) is 9.77. The van der Waals surface area contributed by atoms with Crippen molar-refractivity contribution in [1.29, 1.82) is 0 Å². The van der Waals surface area contributed by atoms with Crippen LogP contribution >= 0.6 is 46.4 Å². The third-order valence-electron chi connectivity index (χ3n) is 2.75. The second kappa shape index (κ2) is 6.41. The Labute approximate surface area is 141 Å². The molecule has 0 unspecified atom stereocenters. The van der Waals surface area contributed by atoms with E-state index in [-0.39, 0.29) is 12.2 Å². The summed E-state index contributed by atoms with van der Waals surface area (Å²) in [5.74, 6) is -0.901. The van der Waals surface area contributed by atoms with Crippen molar-refractivity contribution in [3.8, 4) is 0 Å². The van der Waals surface area contributed by atoms with Crippen LogP contribution in [-0.2, 0) is 6.42 Å². The van der Waals surface area contributed by atoms with Crippen molar-refractivity contribution in [1.82, 2.24) is 4.57 Å². The van der Waals surface area contributed by atoms with Crippen LogP contribution in [0.1, 0.15) is 20.7 Å². The molecular weight excluding hydrogens is 356 g/mol. The number of aromatic nitrogens is 1. The van der Waals surface area contributed by atoms with Crippen LogP contribution in [0.4, 0.5) is 0 Å². The van der Waals surface area contributed by atoms with Gasteiger partial charge in [-0.15, -0.1) is 0 Å². The molecule has 2 aromatic rings. The number of rotatable bonds is 3. The van der Waals surface area contributed by atoms with Crippen molar-refractivity contribution in [2.24, 2.45) is 0 Å². The summed E-state index contributed by atoms with van der Waals surface area (Å²) in [7, 11) is 0. The molecule has 0 aliphatic carbocycles. The molecule has 0 amide bonds. The maximum absolute atomic E-state index is 12.1. The quantitative estimate of drug-likeness (QED) is 0.590. The molecule has 7 heteroatoms. The number of carbonyl (C=O) groups excluding carboxylic acids is 2. The Hall–Kier alpha value is -1.000. The van der Waals surface area contributed by atoms with E-state index in [4.69, 9.17) is 46.4 Å². The summed E-state index contributed by atoms with van der Waals surface area (Å²) in [5, 5.41) is 0.559. The molecule has 0 radical (unpaired) electrons. The SMILES string of the molecule is O=C(Cc1cccc(Cl)c1)c1ccn(C(=O)C(Cl)(Cl)Cl)c1. The second-order valence-corrected chi connectivity index (χ2v) is 7.06. The van der Waals surface area contributed by atoms with Gasteiger partial charge in [-0.2, -0.15) is 0 Å². The van der Waals surface area contributed by atoms with E-state index in [0.29, 0.717) is 10.6 Å². The number of hydrogen-bond acceptors (Lipinski definition) is 2. The van der Waals surface area contributed by atoms with Gasteiger partial charge in [0.15, 0.2) is 5.78 Å². The lowest BCUT2D eigenvalue weighted by Gasteiger charge is -2.09. The van der Waals surface area contributed by atoms with Crippen molar-refractivity contribution < 1.29 is 9.59 Å². The minimum atomic E-state index is -2.06. The summed E-state index contributed by atoms with van der Waals surface area (Å²) in [4.78, 5) is 23.9. The molecule has 0 aliphatic heterocycles. The number of hydrogen-bond donors (Lipinski definition) is 0. The fourth-order valence-electron chi connectivity index (χ4n) is 1.77. The maximum Gasteiger partial charge on any atom is 0.282 e. The van der Waals surface area contributed by atoms with Gasteiger partial charge < -0.3 is 0 Å². The Morgan fingerprint density at radius 2 is 1.86 bits per heavy atom. The Morgan fingerprint density at radius 1 is 1.14 bits per heavy atom. The molecule has 21 heavy (non-hydrogen) atoms. The molecule has 0 saturated carbocycles. The summed E-state index contributed by atoms with van der Waals surface area (Å²) in [5.41, 5.74) is 1.14. The number of ketones is 1. The van der Waals surface area contributed by atoms with Crippen molar-refractivity contribution in [3.05, 3.63) is 58.9 Å². The molecule has 0 atom stereocenters. The fraction of sp³-hybridized carbons (Fsp3) is 0.143. The Balaban J connectivity index is 2.14. The summed E-state index contributed by atoms with van der Waals surface area (Å²) in [6.45, 7) is 0. The average molecular weight is 365 g/mol. The van der Waals surface area contributed by atoms with Crippen LogP contribution in [0.25, 0.3) is 0 Å². The van der Waals surface area contributed by atoms with Crippen molar-refractivity contribution >= 4 is 58.1 Å². The zero-order valence-electron chi connectivity index (χ0n) is 10.5. The predicted octanol–water partition coefficient (Wildman–Crippen LogP) is 4.58. The first kappa shape index (κ1) is 16.4. The molecule has 0 bridgehead atoms. The molecule has 0 N–H and O–H groups in total. The van der Waals surface area contributed by atoms with Crippen LogP contribution in [0.15, 0.2) is 42.7 Å². The standard InChI is InChI=1S/C14H9Cl4NO2/c15-11-3-1-2-9(6-11)7-12(20)10-4-5-19(8-10)13(21)14(16,17)18/h1-6,8H,7H2. The lowest BCUT2D eigenvalue weighted by Crippen LogP contribution is -2.24. The zero-order valence-corrected chi connectivity index (χ0v) is 13.5. The Bertz CT molecular complexity index is 688. The molecule has 1 aromatic heterocycles. The number of alkyl halides is 3. The molecule has 1 heterocycles. The summed E-state index contributed by atoms with van der Waals surface area (Å²) in [6.07, 6.45) is 2.90. The van der Waals surface area contributed by atoms with Crippen LogP contribution in [0.3, 0.4) is 0 Å². The van der Waals surface area contributed by atoms with Crippen LogP contribution in [-0.4, -0.2) is 20.1 Å². The van der Waals surface area contributed by atoms with E-state index < -0.39 is 9.70 Å². The highest BCUT2D eigenvalue weighted by Gasteiger charge is 2.32. The number of benzene rings is 1. The van der Waals surface area contributed by atoms with Crippen LogP contribution in [0.2, 0.25) is 5.02 Å². The van der Waals surface area contributed by atoms with Gasteiger partial charge >= 0.3 is 0 Å². The van der Waals surface area contributed by atoms with Gasteiger partial charge in [0.1, 0.15) is 0 Å². The molecule has 0 fully saturated rings. The van der Waals surface area contributed by atoms with Crippen molar-refractivity contribution in [2.45, 2.75) is 10.2 Å². The zero-order chi connectivity index (χ0) is 15.6. The van der Waals surface area contributed by atoms with Gasteiger partial charge in [0.2, 0.25) is 0 Å². The highest BCUT2D eigenvalue weighted by Crippen LogP contribution is 2.28.